The quantitative estimate of drug-likeness (QED) is 0.157. The summed E-state index contributed by atoms with van der Waals surface area (Å²) in [7, 11) is 0. The molecule has 0 aliphatic rings. The van der Waals surface area contributed by atoms with Gasteiger partial charge in [0.15, 0.2) is 0 Å². The third-order valence-corrected chi connectivity index (χ3v) is 14.8. The first kappa shape index (κ1) is 37.3. The Kier molecular flexibility index (Phi) is 7.81. The van der Waals surface area contributed by atoms with E-state index in [-0.39, 0.29) is 0 Å². The molecule has 0 saturated carbocycles. The molecule has 2 nitrogen and oxygen atoms in total. The van der Waals surface area contributed by atoms with Gasteiger partial charge in [0, 0.05) is 43.1 Å². The number of hydrogen-bond acceptors (Lipinski definition) is 0. The summed E-state index contributed by atoms with van der Waals surface area (Å²) in [6.07, 6.45) is 0. The Hall–Kier alpha value is -8.98. The van der Waals surface area contributed by atoms with Gasteiger partial charge < -0.3 is 8.80 Å². The molecule has 0 atom stereocenters. The van der Waals surface area contributed by atoms with E-state index in [1.807, 2.05) is 0 Å². The molecule has 0 aliphatic heterocycles. The smallest absolute Gasteiger partial charge is 0.0634 e. The highest BCUT2D eigenvalue weighted by Gasteiger charge is 2.29. The molecule has 0 saturated heterocycles. The average Bonchev–Trinajstić information content (AvgIpc) is 4.15. The molecule has 0 amide bonds. The maximum Gasteiger partial charge on any atom is 0.0634 e. The summed E-state index contributed by atoms with van der Waals surface area (Å²) >= 11 is 0. The van der Waals surface area contributed by atoms with Crippen molar-refractivity contribution in [2.45, 2.75) is 0 Å². The first-order valence-corrected chi connectivity index (χ1v) is 23.6. The van der Waals surface area contributed by atoms with Gasteiger partial charge in [-0.05, 0) is 115 Å². The van der Waals surface area contributed by atoms with Crippen molar-refractivity contribution >= 4 is 76.2 Å². The molecular formula is C66H40N2. The first-order chi connectivity index (χ1) is 33.8. The molecule has 15 aromatic rings. The molecule has 0 unspecified atom stereocenters. The van der Waals surface area contributed by atoms with Crippen LogP contribution in [0.2, 0.25) is 0 Å². The van der Waals surface area contributed by atoms with Gasteiger partial charge in [0.05, 0.1) is 33.1 Å². The maximum absolute atomic E-state index is 2.56. The van der Waals surface area contributed by atoms with Crippen LogP contribution < -0.4 is 0 Å². The number of benzene rings is 11. The number of hydrogen-bond donors (Lipinski definition) is 0. The largest absolute Gasteiger partial charge is 0.308 e. The Balaban J connectivity index is 1.04. The fraction of sp³-hybridized carbons (Fsp3) is 0. The lowest BCUT2D eigenvalue weighted by molar-refractivity contribution is 1.37. The van der Waals surface area contributed by atoms with Crippen LogP contribution in [-0.2, 0) is 0 Å². The highest BCUT2D eigenvalue weighted by atomic mass is 14.9. The van der Waals surface area contributed by atoms with Gasteiger partial charge >= 0.3 is 0 Å². The zero-order valence-corrected chi connectivity index (χ0v) is 37.0. The van der Waals surface area contributed by atoms with Crippen molar-refractivity contribution in [1.29, 1.82) is 0 Å². The number of para-hydroxylation sites is 2. The lowest BCUT2D eigenvalue weighted by Gasteiger charge is -2.14. The Morgan fingerprint density at radius 2 is 0.515 bits per heavy atom. The summed E-state index contributed by atoms with van der Waals surface area (Å²) in [4.78, 5) is 0. The second kappa shape index (κ2) is 14.3. The van der Waals surface area contributed by atoms with Gasteiger partial charge in [-0.3, -0.25) is 0 Å². The van der Waals surface area contributed by atoms with Crippen LogP contribution >= 0.6 is 0 Å². The van der Waals surface area contributed by atoms with Crippen molar-refractivity contribution in [3.63, 3.8) is 0 Å². The Bertz CT molecular complexity index is 4160. The minimum Gasteiger partial charge on any atom is -0.308 e. The van der Waals surface area contributed by atoms with Gasteiger partial charge in [0.2, 0.25) is 0 Å². The van der Waals surface area contributed by atoms with Crippen molar-refractivity contribution in [2.24, 2.45) is 0 Å². The number of rotatable bonds is 6. The van der Waals surface area contributed by atoms with E-state index in [4.69, 9.17) is 0 Å². The molecule has 15 rings (SSSR count). The second-order valence-corrected chi connectivity index (χ2v) is 18.4. The van der Waals surface area contributed by atoms with Crippen LogP contribution in [0.3, 0.4) is 0 Å². The third-order valence-electron chi connectivity index (χ3n) is 14.8. The summed E-state index contributed by atoms with van der Waals surface area (Å²) in [6, 6.07) is 89.7. The van der Waals surface area contributed by atoms with Crippen LogP contribution in [0.25, 0.3) is 143 Å². The van der Waals surface area contributed by atoms with Gasteiger partial charge in [0.25, 0.3) is 0 Å². The Labute approximate surface area is 392 Å². The van der Waals surface area contributed by atoms with Crippen LogP contribution in [0.1, 0.15) is 0 Å². The molecule has 0 radical (unpaired) electrons. The first-order valence-electron chi connectivity index (χ1n) is 23.6. The molecule has 314 valence electrons. The lowest BCUT2D eigenvalue weighted by Crippen LogP contribution is -1.88. The van der Waals surface area contributed by atoms with Crippen LogP contribution in [0.15, 0.2) is 243 Å². The monoisotopic (exact) mass is 860 g/mol. The van der Waals surface area contributed by atoms with Crippen molar-refractivity contribution in [3.05, 3.63) is 243 Å². The maximum atomic E-state index is 2.56. The summed E-state index contributed by atoms with van der Waals surface area (Å²) in [5.74, 6) is 0. The molecule has 11 aromatic carbocycles. The van der Waals surface area contributed by atoms with E-state index in [9.17, 15) is 0 Å². The van der Waals surface area contributed by atoms with Gasteiger partial charge in [-0.2, -0.15) is 0 Å². The van der Waals surface area contributed by atoms with Crippen LogP contribution in [0.4, 0.5) is 0 Å². The van der Waals surface area contributed by atoms with Crippen LogP contribution in [-0.4, -0.2) is 8.80 Å². The molecule has 0 fully saturated rings. The summed E-state index contributed by atoms with van der Waals surface area (Å²) in [6.45, 7) is 0. The van der Waals surface area contributed by atoms with Gasteiger partial charge in [-0.25, -0.2) is 0 Å². The Morgan fingerprint density at radius 1 is 0.191 bits per heavy atom. The normalized spacial score (nSPS) is 12.1. The van der Waals surface area contributed by atoms with Gasteiger partial charge in [-0.1, -0.05) is 194 Å². The van der Waals surface area contributed by atoms with Gasteiger partial charge in [-0.15, -0.1) is 0 Å². The summed E-state index contributed by atoms with van der Waals surface area (Å²) in [5.41, 5.74) is 22.1. The summed E-state index contributed by atoms with van der Waals surface area (Å²) < 4.78 is 5.13. The topological polar surface area (TPSA) is 8.82 Å². The van der Waals surface area contributed by atoms with E-state index in [1.165, 1.54) is 143 Å². The van der Waals surface area contributed by atoms with Crippen molar-refractivity contribution in [3.8, 4) is 66.8 Å². The predicted octanol–water partition coefficient (Wildman–Crippen LogP) is 18.0. The van der Waals surface area contributed by atoms with Crippen molar-refractivity contribution < 1.29 is 0 Å². The van der Waals surface area contributed by atoms with E-state index >= 15 is 0 Å². The van der Waals surface area contributed by atoms with E-state index in [1.54, 1.807) is 0 Å². The highest BCUT2D eigenvalue weighted by molar-refractivity contribution is 6.45. The molecule has 2 heteroatoms. The summed E-state index contributed by atoms with van der Waals surface area (Å²) in [5, 5.41) is 10.4. The predicted molar refractivity (Wildman–Crippen MR) is 288 cm³/mol. The van der Waals surface area contributed by atoms with E-state index in [2.05, 4.69) is 251 Å². The number of fused-ring (bicyclic) bond motifs is 14. The zero-order valence-electron chi connectivity index (χ0n) is 37.0. The molecule has 4 aromatic heterocycles. The minimum absolute atomic E-state index is 1.21. The minimum atomic E-state index is 1.21. The third kappa shape index (κ3) is 5.23. The standard InChI is InChI=1S/C66H40N2/c1-5-17-41(18-6-1)45-29-33-49(53(37-45)43-21-9-3-10-22-43)47-31-35-59-55(39-47)63-61-51-25-13-16-28-58(51)68-60-36-32-48(40-56(60)64(66(61)68)62-52-26-14-15-27-57(52)67(59)65(62)63)50-34-30-46(42-19-7-2-8-20-42)38-54(50)44-23-11-4-12-24-44/h1-40H. The molecular weight excluding hydrogens is 821 g/mol. The number of nitrogens with zero attached hydrogens (tertiary/aromatic N) is 2. The Morgan fingerprint density at radius 3 is 0.926 bits per heavy atom. The SMILES string of the molecule is c1ccc(-c2ccc(-c3ccc4c(c3)c3c5c6ccccc6n6c7ccc(-c8ccc(-c9ccccc9)cc8-c8ccccc8)cc7c(c7c8ccccc8n4c73)c56)c(-c3ccccc3)c2)cc1. The number of aromatic nitrogens is 2. The fourth-order valence-electron chi connectivity index (χ4n) is 11.8. The second-order valence-electron chi connectivity index (χ2n) is 18.4. The van der Waals surface area contributed by atoms with E-state index < -0.39 is 0 Å². The molecule has 0 bridgehead atoms. The molecule has 68 heavy (non-hydrogen) atoms. The molecule has 4 heterocycles. The molecule has 0 N–H and O–H groups in total. The van der Waals surface area contributed by atoms with E-state index in [0.717, 1.165) is 0 Å². The fourth-order valence-corrected chi connectivity index (χ4v) is 11.8. The van der Waals surface area contributed by atoms with Crippen molar-refractivity contribution in [2.75, 3.05) is 0 Å². The van der Waals surface area contributed by atoms with Crippen LogP contribution in [0.5, 0.6) is 0 Å². The van der Waals surface area contributed by atoms with Gasteiger partial charge in [0.1, 0.15) is 0 Å². The van der Waals surface area contributed by atoms with Crippen molar-refractivity contribution in [1.82, 2.24) is 8.80 Å². The zero-order chi connectivity index (χ0) is 44.5. The average molecular weight is 861 g/mol. The molecule has 0 spiro atoms. The molecule has 0 aliphatic carbocycles. The van der Waals surface area contributed by atoms with E-state index in [0.29, 0.717) is 0 Å². The lowest BCUT2D eigenvalue weighted by atomic mass is 9.89. The van der Waals surface area contributed by atoms with Crippen LogP contribution in [0, 0.1) is 0 Å². The highest BCUT2D eigenvalue weighted by Crippen LogP contribution is 2.53.